The summed E-state index contributed by atoms with van der Waals surface area (Å²) < 4.78 is 5.82. The van der Waals surface area contributed by atoms with Crippen molar-refractivity contribution in [2.45, 2.75) is 26.8 Å². The molecule has 1 saturated heterocycles. The van der Waals surface area contributed by atoms with Crippen molar-refractivity contribution >= 4 is 5.91 Å². The minimum atomic E-state index is 0.114. The van der Waals surface area contributed by atoms with E-state index in [0.717, 1.165) is 37.4 Å². The Bertz CT molecular complexity index is 528. The zero-order chi connectivity index (χ0) is 15.9. The Balaban J connectivity index is 1.94. The van der Waals surface area contributed by atoms with Crippen LogP contribution in [-0.2, 0) is 11.3 Å². The van der Waals surface area contributed by atoms with Gasteiger partial charge in [-0.2, -0.15) is 0 Å². The number of hydrogen-bond donors (Lipinski definition) is 1. The molecule has 1 aromatic carbocycles. The van der Waals surface area contributed by atoms with Gasteiger partial charge >= 0.3 is 0 Å². The number of likely N-dealkylation sites (tertiary alicyclic amines) is 1. The van der Waals surface area contributed by atoms with Gasteiger partial charge in [-0.15, -0.1) is 0 Å². The van der Waals surface area contributed by atoms with Gasteiger partial charge in [0.25, 0.3) is 0 Å². The van der Waals surface area contributed by atoms with Gasteiger partial charge in [0.15, 0.2) is 0 Å². The molecule has 1 heterocycles. The number of nitrogens with one attached hydrogen (secondary N) is 1. The molecule has 1 aliphatic heterocycles. The van der Waals surface area contributed by atoms with Crippen molar-refractivity contribution in [1.29, 1.82) is 0 Å². The summed E-state index contributed by atoms with van der Waals surface area (Å²) in [5.74, 6) is 1.20. The Morgan fingerprint density at radius 2 is 2.23 bits per heavy atom. The van der Waals surface area contributed by atoms with Crippen molar-refractivity contribution < 1.29 is 9.53 Å². The van der Waals surface area contributed by atoms with E-state index in [4.69, 9.17) is 4.74 Å². The largest absolute Gasteiger partial charge is 0.489 e. The van der Waals surface area contributed by atoms with Crippen LogP contribution in [0.2, 0.25) is 0 Å². The average Bonchev–Trinajstić information content (AvgIpc) is 2.95. The van der Waals surface area contributed by atoms with Crippen molar-refractivity contribution in [2.24, 2.45) is 5.92 Å². The third-order valence-electron chi connectivity index (χ3n) is 3.83. The van der Waals surface area contributed by atoms with E-state index in [0.29, 0.717) is 13.2 Å². The Labute approximate surface area is 133 Å². The molecule has 0 bridgehead atoms. The van der Waals surface area contributed by atoms with Crippen LogP contribution in [0.3, 0.4) is 0 Å². The highest BCUT2D eigenvalue weighted by atomic mass is 16.5. The first-order chi connectivity index (χ1) is 10.6. The van der Waals surface area contributed by atoms with Gasteiger partial charge in [-0.25, -0.2) is 0 Å². The molecular weight excluding hydrogens is 276 g/mol. The molecule has 0 saturated carbocycles. The summed E-state index contributed by atoms with van der Waals surface area (Å²) in [7, 11) is 0. The number of nitrogens with zero attached hydrogens (tertiary/aromatic N) is 1. The van der Waals surface area contributed by atoms with Crippen LogP contribution in [0.15, 0.2) is 36.4 Å². The number of benzene rings is 1. The summed E-state index contributed by atoms with van der Waals surface area (Å²) in [6.45, 7) is 11.6. The van der Waals surface area contributed by atoms with Crippen LogP contribution in [0.4, 0.5) is 0 Å². The average molecular weight is 302 g/mol. The van der Waals surface area contributed by atoms with E-state index in [2.05, 4.69) is 22.9 Å². The van der Waals surface area contributed by atoms with E-state index in [1.165, 1.54) is 5.56 Å². The maximum Gasteiger partial charge on any atom is 0.224 e. The minimum Gasteiger partial charge on any atom is -0.489 e. The molecule has 1 N–H and O–H groups in total. The molecule has 1 unspecified atom stereocenters. The fourth-order valence-electron chi connectivity index (χ4n) is 2.73. The lowest BCUT2D eigenvalue weighted by molar-refractivity contribution is -0.124. The highest BCUT2D eigenvalue weighted by molar-refractivity contribution is 5.79. The first-order valence-electron chi connectivity index (χ1n) is 7.95. The smallest absolute Gasteiger partial charge is 0.224 e. The second-order valence-electron chi connectivity index (χ2n) is 5.97. The van der Waals surface area contributed by atoms with E-state index in [9.17, 15) is 4.79 Å². The zero-order valence-corrected chi connectivity index (χ0v) is 13.6. The monoisotopic (exact) mass is 302 g/mol. The maximum absolute atomic E-state index is 11.9. The fraction of sp³-hybridized carbons (Fsp3) is 0.500. The van der Waals surface area contributed by atoms with E-state index in [1.807, 2.05) is 32.0 Å². The Morgan fingerprint density at radius 3 is 2.95 bits per heavy atom. The van der Waals surface area contributed by atoms with Crippen molar-refractivity contribution in [1.82, 2.24) is 10.2 Å². The summed E-state index contributed by atoms with van der Waals surface area (Å²) in [6.07, 6.45) is 0.931. The van der Waals surface area contributed by atoms with Crippen LogP contribution in [-0.4, -0.2) is 37.0 Å². The lowest BCUT2D eigenvalue weighted by Crippen LogP contribution is -2.32. The molecule has 1 amide bonds. The molecule has 0 aliphatic carbocycles. The molecule has 120 valence electrons. The molecule has 1 aliphatic rings. The van der Waals surface area contributed by atoms with E-state index < -0.39 is 0 Å². The summed E-state index contributed by atoms with van der Waals surface area (Å²) >= 11 is 0. The van der Waals surface area contributed by atoms with Crippen LogP contribution in [0.1, 0.15) is 25.8 Å². The fourth-order valence-corrected chi connectivity index (χ4v) is 2.73. The van der Waals surface area contributed by atoms with Gasteiger partial charge < -0.3 is 10.1 Å². The summed E-state index contributed by atoms with van der Waals surface area (Å²) in [5.41, 5.74) is 2.17. The number of carbonyl (C=O) groups is 1. The Hall–Kier alpha value is -1.81. The van der Waals surface area contributed by atoms with Gasteiger partial charge in [-0.3, -0.25) is 9.69 Å². The van der Waals surface area contributed by atoms with Crippen LogP contribution >= 0.6 is 0 Å². The molecule has 0 aromatic heterocycles. The predicted molar refractivity (Wildman–Crippen MR) is 88.8 cm³/mol. The molecule has 0 spiro atoms. The second-order valence-corrected chi connectivity index (χ2v) is 5.97. The number of carbonyl (C=O) groups excluding carboxylic acids is 1. The van der Waals surface area contributed by atoms with E-state index in [1.54, 1.807) is 0 Å². The molecule has 4 heteroatoms. The molecule has 2 rings (SSSR count). The lowest BCUT2D eigenvalue weighted by atomic mass is 10.1. The molecule has 1 atom stereocenters. The number of hydrogen-bond acceptors (Lipinski definition) is 3. The number of ether oxygens (including phenoxy) is 1. The zero-order valence-electron chi connectivity index (χ0n) is 13.6. The van der Waals surface area contributed by atoms with Gasteiger partial charge in [0.2, 0.25) is 5.91 Å². The first-order valence-corrected chi connectivity index (χ1v) is 7.95. The van der Waals surface area contributed by atoms with Gasteiger partial charge in [0.1, 0.15) is 12.4 Å². The third-order valence-corrected chi connectivity index (χ3v) is 3.83. The first kappa shape index (κ1) is 16.6. The van der Waals surface area contributed by atoms with Crippen LogP contribution < -0.4 is 10.1 Å². The maximum atomic E-state index is 11.9. The molecule has 1 fully saturated rings. The van der Waals surface area contributed by atoms with Crippen molar-refractivity contribution in [3.63, 3.8) is 0 Å². The summed E-state index contributed by atoms with van der Waals surface area (Å²) in [6, 6.07) is 8.10. The summed E-state index contributed by atoms with van der Waals surface area (Å²) in [4.78, 5) is 14.2. The van der Waals surface area contributed by atoms with E-state index in [-0.39, 0.29) is 11.8 Å². The number of amides is 1. The summed E-state index contributed by atoms with van der Waals surface area (Å²) in [5, 5.41) is 2.92. The third kappa shape index (κ3) is 4.60. The lowest BCUT2D eigenvalue weighted by Gasteiger charge is -2.18. The van der Waals surface area contributed by atoms with Crippen LogP contribution in [0.25, 0.3) is 0 Å². The highest BCUT2D eigenvalue weighted by Gasteiger charge is 2.28. The standard InChI is InChI=1S/C18H26N2O2/c1-4-19-18(21)16-9-10-20(12-16)11-15-7-5-6-8-17(15)22-13-14(2)3/h5-8,16H,2,4,9-13H2,1,3H3,(H,19,21). The van der Waals surface area contributed by atoms with Gasteiger partial charge in [0.05, 0.1) is 5.92 Å². The van der Waals surface area contributed by atoms with Gasteiger partial charge in [-0.05, 0) is 38.5 Å². The van der Waals surface area contributed by atoms with Crippen molar-refractivity contribution in [3.05, 3.63) is 42.0 Å². The SMILES string of the molecule is C=C(C)COc1ccccc1CN1CCC(C(=O)NCC)C1. The van der Waals surface area contributed by atoms with E-state index >= 15 is 0 Å². The Morgan fingerprint density at radius 1 is 1.45 bits per heavy atom. The highest BCUT2D eigenvalue weighted by Crippen LogP contribution is 2.24. The quantitative estimate of drug-likeness (QED) is 0.787. The van der Waals surface area contributed by atoms with Gasteiger partial charge in [0, 0.05) is 25.2 Å². The molecule has 22 heavy (non-hydrogen) atoms. The van der Waals surface area contributed by atoms with Crippen LogP contribution in [0, 0.1) is 5.92 Å². The van der Waals surface area contributed by atoms with Crippen molar-refractivity contribution in [3.8, 4) is 5.75 Å². The molecule has 4 nitrogen and oxygen atoms in total. The molecular formula is C18H26N2O2. The normalized spacial score (nSPS) is 18.2. The predicted octanol–water partition coefficient (Wildman–Crippen LogP) is 2.60. The number of para-hydroxylation sites is 1. The van der Waals surface area contributed by atoms with Crippen molar-refractivity contribution in [2.75, 3.05) is 26.2 Å². The topological polar surface area (TPSA) is 41.6 Å². The number of rotatable bonds is 7. The van der Waals surface area contributed by atoms with Crippen LogP contribution in [0.5, 0.6) is 5.75 Å². The molecule has 0 radical (unpaired) electrons. The second kappa shape index (κ2) is 7.99. The molecule has 1 aromatic rings. The van der Waals surface area contributed by atoms with Gasteiger partial charge in [-0.1, -0.05) is 24.8 Å². The minimum absolute atomic E-state index is 0.114. The Kier molecular flexibility index (Phi) is 6.01.